The van der Waals surface area contributed by atoms with Crippen LogP contribution in [-0.2, 0) is 4.74 Å². The molecule has 0 spiro atoms. The van der Waals surface area contributed by atoms with Crippen LogP contribution in [0, 0.1) is 30.5 Å². The van der Waals surface area contributed by atoms with E-state index in [4.69, 9.17) is 9.47 Å². The smallest absolute Gasteiger partial charge is 0.168 e. The van der Waals surface area contributed by atoms with E-state index in [0.29, 0.717) is 24.2 Å². The van der Waals surface area contributed by atoms with Gasteiger partial charge >= 0.3 is 0 Å². The number of rotatable bonds is 12. The molecule has 3 rings (SSSR count). The topological polar surface area (TPSA) is 35.5 Å². The van der Waals surface area contributed by atoms with Crippen molar-refractivity contribution in [3.63, 3.8) is 0 Å². The number of hydrogen-bond donors (Lipinski definition) is 0. The Balaban J connectivity index is 1.34. The SMILES string of the molecule is CCCCCC1CCC(C2CCC(CCCC(=O)c3ccc(OCC)c(F)c3C)OC2)CC1. The number of ether oxygens (including phenoxy) is 2. The molecule has 3 nitrogen and oxygen atoms in total. The van der Waals surface area contributed by atoms with Crippen LogP contribution in [0.4, 0.5) is 4.39 Å². The Kier molecular flexibility index (Phi) is 10.7. The fourth-order valence-electron chi connectivity index (χ4n) is 5.91. The summed E-state index contributed by atoms with van der Waals surface area (Å²) in [4.78, 5) is 12.6. The van der Waals surface area contributed by atoms with E-state index in [-0.39, 0.29) is 17.6 Å². The van der Waals surface area contributed by atoms with Gasteiger partial charge in [-0.3, -0.25) is 4.79 Å². The van der Waals surface area contributed by atoms with Crippen molar-refractivity contribution in [1.82, 2.24) is 0 Å². The molecule has 0 aromatic heterocycles. The predicted octanol–water partition coefficient (Wildman–Crippen LogP) is 8.07. The molecule has 1 aliphatic carbocycles. The second-order valence-electron chi connectivity index (χ2n) is 10.4. The molecule has 1 aliphatic heterocycles. The summed E-state index contributed by atoms with van der Waals surface area (Å²) in [7, 11) is 0. The third-order valence-electron chi connectivity index (χ3n) is 8.06. The van der Waals surface area contributed by atoms with E-state index in [1.54, 1.807) is 19.1 Å². The molecule has 2 fully saturated rings. The fourth-order valence-corrected chi connectivity index (χ4v) is 5.91. The van der Waals surface area contributed by atoms with Gasteiger partial charge in [-0.05, 0) is 87.8 Å². The quantitative estimate of drug-likeness (QED) is 0.234. The molecule has 1 saturated heterocycles. The van der Waals surface area contributed by atoms with E-state index in [2.05, 4.69) is 6.92 Å². The molecule has 0 amide bonds. The largest absolute Gasteiger partial charge is 0.491 e. The van der Waals surface area contributed by atoms with Crippen LogP contribution in [0.5, 0.6) is 5.75 Å². The van der Waals surface area contributed by atoms with Gasteiger partial charge < -0.3 is 9.47 Å². The van der Waals surface area contributed by atoms with Gasteiger partial charge in [-0.2, -0.15) is 0 Å². The van der Waals surface area contributed by atoms with Crippen LogP contribution in [-0.4, -0.2) is 25.1 Å². The summed E-state index contributed by atoms with van der Waals surface area (Å²) in [6.45, 7) is 7.08. The first-order valence-corrected chi connectivity index (χ1v) is 13.6. The molecule has 1 heterocycles. The van der Waals surface area contributed by atoms with Crippen LogP contribution in [0.3, 0.4) is 0 Å². The highest BCUT2D eigenvalue weighted by Crippen LogP contribution is 2.39. The monoisotopic (exact) mass is 460 g/mol. The number of halogens is 1. The van der Waals surface area contributed by atoms with Gasteiger partial charge in [0.1, 0.15) is 0 Å². The maximum atomic E-state index is 14.4. The Hall–Kier alpha value is -1.42. The van der Waals surface area contributed by atoms with Crippen LogP contribution >= 0.6 is 0 Å². The molecule has 0 radical (unpaired) electrons. The van der Waals surface area contributed by atoms with Crippen molar-refractivity contribution in [3.8, 4) is 5.75 Å². The zero-order valence-corrected chi connectivity index (χ0v) is 21.2. The van der Waals surface area contributed by atoms with E-state index < -0.39 is 5.82 Å². The van der Waals surface area contributed by atoms with Gasteiger partial charge in [0, 0.05) is 12.0 Å². The van der Waals surface area contributed by atoms with Crippen LogP contribution < -0.4 is 4.74 Å². The molecule has 2 atom stereocenters. The molecular formula is C29H45FO3. The first-order chi connectivity index (χ1) is 16.0. The lowest BCUT2D eigenvalue weighted by Crippen LogP contribution is -2.32. The molecule has 1 aromatic carbocycles. The molecule has 186 valence electrons. The van der Waals surface area contributed by atoms with E-state index in [1.807, 2.05) is 6.92 Å². The lowest BCUT2D eigenvalue weighted by Gasteiger charge is -2.38. The molecular weight excluding hydrogens is 415 g/mol. The Morgan fingerprint density at radius 3 is 2.42 bits per heavy atom. The summed E-state index contributed by atoms with van der Waals surface area (Å²) in [6.07, 6.45) is 16.0. The highest BCUT2D eigenvalue weighted by Gasteiger charge is 2.31. The lowest BCUT2D eigenvalue weighted by molar-refractivity contribution is -0.0426. The molecule has 4 heteroatoms. The molecule has 2 unspecified atom stereocenters. The highest BCUT2D eigenvalue weighted by atomic mass is 19.1. The molecule has 0 bridgehead atoms. The normalized spacial score (nSPS) is 25.7. The average Bonchev–Trinajstić information content (AvgIpc) is 2.83. The number of hydrogen-bond acceptors (Lipinski definition) is 3. The van der Waals surface area contributed by atoms with Crippen molar-refractivity contribution in [2.75, 3.05) is 13.2 Å². The molecule has 33 heavy (non-hydrogen) atoms. The van der Waals surface area contributed by atoms with E-state index >= 15 is 0 Å². The predicted molar refractivity (Wildman–Crippen MR) is 133 cm³/mol. The third kappa shape index (κ3) is 7.53. The Morgan fingerprint density at radius 2 is 1.76 bits per heavy atom. The average molecular weight is 461 g/mol. The number of carbonyl (C=O) groups is 1. The Bertz CT molecular complexity index is 731. The van der Waals surface area contributed by atoms with Crippen LogP contribution in [0.2, 0.25) is 0 Å². The highest BCUT2D eigenvalue weighted by molar-refractivity contribution is 5.97. The number of unbranched alkanes of at least 4 members (excludes halogenated alkanes) is 2. The zero-order valence-electron chi connectivity index (χ0n) is 21.2. The van der Waals surface area contributed by atoms with Crippen molar-refractivity contribution in [3.05, 3.63) is 29.1 Å². The van der Waals surface area contributed by atoms with Crippen LogP contribution in [0.15, 0.2) is 12.1 Å². The molecule has 0 N–H and O–H groups in total. The molecule has 2 aliphatic rings. The summed E-state index contributed by atoms with van der Waals surface area (Å²) < 4.78 is 25.9. The maximum absolute atomic E-state index is 14.4. The van der Waals surface area contributed by atoms with Crippen molar-refractivity contribution >= 4 is 5.78 Å². The Labute approximate surface area is 200 Å². The molecule has 1 aromatic rings. The van der Waals surface area contributed by atoms with Crippen LogP contribution in [0.1, 0.15) is 113 Å². The van der Waals surface area contributed by atoms with E-state index in [1.165, 1.54) is 57.8 Å². The van der Waals surface area contributed by atoms with Crippen molar-refractivity contribution < 1.29 is 18.7 Å². The summed E-state index contributed by atoms with van der Waals surface area (Å²) in [6, 6.07) is 3.27. The lowest BCUT2D eigenvalue weighted by atomic mass is 9.72. The van der Waals surface area contributed by atoms with Crippen LogP contribution in [0.25, 0.3) is 0 Å². The van der Waals surface area contributed by atoms with Gasteiger partial charge in [0.25, 0.3) is 0 Å². The first-order valence-electron chi connectivity index (χ1n) is 13.6. The standard InChI is InChI=1S/C29H45FO3/c1-4-6-7-9-22-12-14-23(15-13-22)24-16-17-25(33-20-24)10-8-11-27(31)26-18-19-28(32-5-2)29(30)21(26)3/h18-19,22-25H,4-17,20H2,1-3H3. The fraction of sp³-hybridized carbons (Fsp3) is 0.759. The van der Waals surface area contributed by atoms with Crippen molar-refractivity contribution in [1.29, 1.82) is 0 Å². The second kappa shape index (κ2) is 13.5. The van der Waals surface area contributed by atoms with Gasteiger partial charge in [-0.25, -0.2) is 4.39 Å². The first kappa shape index (κ1) is 26.2. The van der Waals surface area contributed by atoms with Gasteiger partial charge in [-0.15, -0.1) is 0 Å². The number of benzene rings is 1. The van der Waals surface area contributed by atoms with E-state index in [0.717, 1.165) is 43.6 Å². The van der Waals surface area contributed by atoms with Gasteiger partial charge in [-0.1, -0.05) is 45.4 Å². The summed E-state index contributed by atoms with van der Waals surface area (Å²) in [5.41, 5.74) is 0.869. The minimum absolute atomic E-state index is 0.0128. The number of ketones is 1. The number of carbonyl (C=O) groups excluding carboxylic acids is 1. The van der Waals surface area contributed by atoms with Crippen molar-refractivity contribution in [2.45, 2.75) is 110 Å². The summed E-state index contributed by atoms with van der Waals surface area (Å²) >= 11 is 0. The third-order valence-corrected chi connectivity index (χ3v) is 8.06. The van der Waals surface area contributed by atoms with Gasteiger partial charge in [0.15, 0.2) is 17.3 Å². The second-order valence-corrected chi connectivity index (χ2v) is 10.4. The zero-order chi connectivity index (χ0) is 23.6. The number of Topliss-reactive ketones (excluding diaryl/α,β-unsaturated/α-hetero) is 1. The van der Waals surface area contributed by atoms with Gasteiger partial charge in [0.2, 0.25) is 0 Å². The summed E-state index contributed by atoms with van der Waals surface area (Å²) in [5.74, 6) is 2.37. The minimum Gasteiger partial charge on any atom is -0.491 e. The summed E-state index contributed by atoms with van der Waals surface area (Å²) in [5, 5.41) is 0. The Morgan fingerprint density at radius 1 is 1.00 bits per heavy atom. The minimum atomic E-state index is -0.417. The van der Waals surface area contributed by atoms with Crippen molar-refractivity contribution in [2.24, 2.45) is 17.8 Å². The van der Waals surface area contributed by atoms with Gasteiger partial charge in [0.05, 0.1) is 19.3 Å². The molecule has 1 saturated carbocycles. The van der Waals surface area contributed by atoms with E-state index in [9.17, 15) is 9.18 Å². The maximum Gasteiger partial charge on any atom is 0.168 e.